The Hall–Kier alpha value is -0.670. The monoisotopic (exact) mass is 213 g/mol. The van der Waals surface area contributed by atoms with Crippen molar-refractivity contribution in [2.24, 2.45) is 0 Å². The summed E-state index contributed by atoms with van der Waals surface area (Å²) in [5, 5.41) is 9.25. The van der Waals surface area contributed by atoms with E-state index >= 15 is 0 Å². The van der Waals surface area contributed by atoms with Crippen LogP contribution in [0, 0.1) is 0 Å². The van der Waals surface area contributed by atoms with Gasteiger partial charge in [0.25, 0.3) is 0 Å². The van der Waals surface area contributed by atoms with Gasteiger partial charge in [-0.3, -0.25) is 4.79 Å². The first kappa shape index (κ1) is 8.43. The van der Waals surface area contributed by atoms with E-state index in [1.807, 2.05) is 0 Å². The van der Waals surface area contributed by atoms with E-state index in [1.54, 1.807) is 30.3 Å². The molecule has 0 fully saturated rings. The minimum absolute atomic E-state index is 0.425. The van der Waals surface area contributed by atoms with Crippen molar-refractivity contribution in [3.05, 3.63) is 35.9 Å². The molecule has 0 aliphatic rings. The molecule has 1 aromatic carbocycles. The van der Waals surface area contributed by atoms with Crippen LogP contribution in [-0.2, 0) is 5.11 Å². The molecule has 1 rings (SSSR count). The minimum atomic E-state index is -1.34. The molecule has 0 aromatic heterocycles. The molecule has 11 heavy (non-hydrogen) atoms. The Balaban J connectivity index is 2.86. The average molecular weight is 214 g/mol. The largest absolute Gasteiger partial charge is 0.290 e. The molecule has 0 heterocycles. The molecule has 0 aliphatic heterocycles. The van der Waals surface area contributed by atoms with E-state index in [4.69, 9.17) is 0 Å². The van der Waals surface area contributed by atoms with E-state index in [1.165, 1.54) is 0 Å². The number of rotatable bonds is 2. The molecule has 1 radical (unpaired) electrons. The summed E-state index contributed by atoms with van der Waals surface area (Å²) in [6.45, 7) is 0. The molecule has 1 unspecified atom stereocenters. The van der Waals surface area contributed by atoms with Crippen LogP contribution in [0.15, 0.2) is 30.3 Å². The molecule has 0 N–H and O–H groups in total. The summed E-state index contributed by atoms with van der Waals surface area (Å²) in [4.78, 5) is 11.0. The van der Waals surface area contributed by atoms with Crippen LogP contribution in [0.3, 0.4) is 0 Å². The molecule has 1 aromatic rings. The van der Waals surface area contributed by atoms with Crippen LogP contribution in [0.5, 0.6) is 0 Å². The van der Waals surface area contributed by atoms with Crippen LogP contribution >= 0.6 is 15.9 Å². The van der Waals surface area contributed by atoms with Gasteiger partial charge in [0.1, 0.15) is 0 Å². The maximum Gasteiger partial charge on any atom is 0.210 e. The molecular weight excluding hydrogens is 208 g/mol. The van der Waals surface area contributed by atoms with Crippen molar-refractivity contribution in [2.45, 2.75) is 5.01 Å². The number of hydrogen-bond acceptors (Lipinski definition) is 1. The topological polar surface area (TPSA) is 37.0 Å². The first-order chi connectivity index (χ1) is 5.22. The Kier molecular flexibility index (Phi) is 2.79. The SMILES string of the molecule is [O]C(Br)C(=O)c1ccccc1. The fraction of sp³-hybridized carbons (Fsp3) is 0.125. The highest BCUT2D eigenvalue weighted by Crippen LogP contribution is 2.07. The van der Waals surface area contributed by atoms with Crippen molar-refractivity contribution in [3.63, 3.8) is 0 Å². The van der Waals surface area contributed by atoms with Crippen LogP contribution in [0.2, 0.25) is 0 Å². The van der Waals surface area contributed by atoms with Gasteiger partial charge >= 0.3 is 0 Å². The lowest BCUT2D eigenvalue weighted by Gasteiger charge is -1.97. The number of alkyl halides is 1. The second-order valence-electron chi connectivity index (χ2n) is 2.05. The number of carbonyl (C=O) groups is 1. The quantitative estimate of drug-likeness (QED) is 0.548. The van der Waals surface area contributed by atoms with Crippen molar-refractivity contribution in [3.8, 4) is 0 Å². The van der Waals surface area contributed by atoms with Gasteiger partial charge in [-0.2, -0.15) is 0 Å². The summed E-state index contributed by atoms with van der Waals surface area (Å²) in [6.07, 6.45) is 0. The van der Waals surface area contributed by atoms with Crippen LogP contribution in [0.1, 0.15) is 10.4 Å². The third-order valence-corrected chi connectivity index (χ3v) is 1.68. The highest BCUT2D eigenvalue weighted by atomic mass is 79.9. The highest BCUT2D eigenvalue weighted by molar-refractivity contribution is 9.09. The van der Waals surface area contributed by atoms with Crippen LogP contribution < -0.4 is 0 Å². The Labute approximate surface area is 73.0 Å². The minimum Gasteiger partial charge on any atom is -0.290 e. The smallest absolute Gasteiger partial charge is 0.210 e. The van der Waals surface area contributed by atoms with Crippen molar-refractivity contribution in [1.29, 1.82) is 0 Å². The summed E-state index contributed by atoms with van der Waals surface area (Å²) in [6, 6.07) is 8.49. The number of Topliss-reactive ketones (excluding diaryl/α,β-unsaturated/α-hetero) is 1. The molecular formula is C8H6BrO2. The Morgan fingerprint density at radius 1 is 1.27 bits per heavy atom. The molecule has 57 valence electrons. The lowest BCUT2D eigenvalue weighted by atomic mass is 10.1. The van der Waals surface area contributed by atoms with Crippen LogP contribution in [0.25, 0.3) is 0 Å². The van der Waals surface area contributed by atoms with Crippen molar-refractivity contribution in [1.82, 2.24) is 0 Å². The Morgan fingerprint density at radius 3 is 2.27 bits per heavy atom. The van der Waals surface area contributed by atoms with Crippen molar-refractivity contribution < 1.29 is 9.90 Å². The number of ketones is 1. The van der Waals surface area contributed by atoms with Gasteiger partial charge in [-0.15, -0.1) is 0 Å². The first-order valence-corrected chi connectivity index (χ1v) is 4.02. The van der Waals surface area contributed by atoms with Gasteiger partial charge in [0.15, 0.2) is 0 Å². The first-order valence-electron chi connectivity index (χ1n) is 3.11. The van der Waals surface area contributed by atoms with E-state index in [0.29, 0.717) is 5.56 Å². The molecule has 0 saturated heterocycles. The molecule has 1 atom stereocenters. The van der Waals surface area contributed by atoms with Gasteiger partial charge in [-0.1, -0.05) is 30.3 Å². The van der Waals surface area contributed by atoms with Crippen molar-refractivity contribution in [2.75, 3.05) is 0 Å². The fourth-order valence-corrected chi connectivity index (χ4v) is 0.998. The van der Waals surface area contributed by atoms with Gasteiger partial charge < -0.3 is 0 Å². The zero-order valence-corrected chi connectivity index (χ0v) is 7.24. The second kappa shape index (κ2) is 3.64. The molecule has 0 spiro atoms. The molecule has 0 aliphatic carbocycles. The number of benzene rings is 1. The predicted octanol–water partition coefficient (Wildman–Crippen LogP) is 2.02. The summed E-state index contributed by atoms with van der Waals surface area (Å²) < 4.78 is 0. The van der Waals surface area contributed by atoms with Gasteiger partial charge in [-0.05, 0) is 15.9 Å². The van der Waals surface area contributed by atoms with E-state index in [0.717, 1.165) is 0 Å². The van der Waals surface area contributed by atoms with E-state index < -0.39 is 10.8 Å². The third-order valence-electron chi connectivity index (χ3n) is 1.26. The van der Waals surface area contributed by atoms with Crippen molar-refractivity contribution >= 4 is 21.7 Å². The lowest BCUT2D eigenvalue weighted by molar-refractivity contribution is 0.0778. The maximum atomic E-state index is 11.0. The summed E-state index contributed by atoms with van der Waals surface area (Å²) >= 11 is 2.67. The van der Waals surface area contributed by atoms with Gasteiger partial charge in [-0.25, -0.2) is 5.11 Å². The highest BCUT2D eigenvalue weighted by Gasteiger charge is 2.13. The molecule has 3 heteroatoms. The van der Waals surface area contributed by atoms with Gasteiger partial charge in [0.2, 0.25) is 10.8 Å². The molecule has 0 saturated carbocycles. The second-order valence-corrected chi connectivity index (χ2v) is 2.88. The number of hydrogen-bond donors (Lipinski definition) is 0. The lowest BCUT2D eigenvalue weighted by Crippen LogP contribution is -2.10. The maximum absolute atomic E-state index is 11.0. The van der Waals surface area contributed by atoms with Crippen LogP contribution in [-0.4, -0.2) is 10.8 Å². The number of halogens is 1. The Morgan fingerprint density at radius 2 is 1.82 bits per heavy atom. The van der Waals surface area contributed by atoms with E-state index in [2.05, 4.69) is 15.9 Å². The van der Waals surface area contributed by atoms with E-state index in [-0.39, 0.29) is 0 Å². The van der Waals surface area contributed by atoms with E-state index in [9.17, 15) is 9.90 Å². The predicted molar refractivity (Wildman–Crippen MR) is 44.2 cm³/mol. The van der Waals surface area contributed by atoms with Crippen LogP contribution in [0.4, 0.5) is 0 Å². The zero-order valence-electron chi connectivity index (χ0n) is 5.66. The zero-order chi connectivity index (χ0) is 8.27. The summed E-state index contributed by atoms with van der Waals surface area (Å²) in [5.74, 6) is -0.425. The summed E-state index contributed by atoms with van der Waals surface area (Å²) in [7, 11) is 0. The normalized spacial score (nSPS) is 12.5. The average Bonchev–Trinajstić information content (AvgIpc) is 2.05. The molecule has 0 amide bonds. The van der Waals surface area contributed by atoms with Gasteiger partial charge in [0, 0.05) is 5.56 Å². The third kappa shape index (κ3) is 2.13. The van der Waals surface area contributed by atoms with Gasteiger partial charge in [0.05, 0.1) is 0 Å². The fourth-order valence-electron chi connectivity index (χ4n) is 0.733. The Bertz CT molecular complexity index is 244. The number of carbonyl (C=O) groups excluding carboxylic acids is 1. The molecule has 0 bridgehead atoms. The summed E-state index contributed by atoms with van der Waals surface area (Å²) in [5.41, 5.74) is 0.448. The standard InChI is InChI=1S/C8H6BrO2/c9-8(11)7(10)6-4-2-1-3-5-6/h1-5,8H. The molecule has 2 nitrogen and oxygen atoms in total.